The van der Waals surface area contributed by atoms with Crippen molar-refractivity contribution in [2.45, 2.75) is 25.7 Å². The Kier molecular flexibility index (Phi) is 5.79. The van der Waals surface area contributed by atoms with Gasteiger partial charge in [0.2, 0.25) is 5.91 Å². The fourth-order valence-electron chi connectivity index (χ4n) is 4.18. The van der Waals surface area contributed by atoms with Gasteiger partial charge in [0.1, 0.15) is 0 Å². The molecule has 4 rings (SSSR count). The number of amides is 3. The molecule has 2 aromatic carbocycles. The third kappa shape index (κ3) is 4.19. The number of hydrogen-bond acceptors (Lipinski definition) is 5. The molecule has 0 saturated heterocycles. The molecule has 2 aromatic rings. The third-order valence-corrected chi connectivity index (χ3v) is 5.62. The van der Waals surface area contributed by atoms with Gasteiger partial charge in [-0.15, -0.1) is 0 Å². The van der Waals surface area contributed by atoms with Crippen molar-refractivity contribution in [2.75, 3.05) is 37.5 Å². The second kappa shape index (κ2) is 8.67. The van der Waals surface area contributed by atoms with Crippen LogP contribution in [0.1, 0.15) is 23.1 Å². The summed E-state index contributed by atoms with van der Waals surface area (Å²) in [5, 5.41) is 5.30. The van der Waals surface area contributed by atoms with Crippen molar-refractivity contribution in [1.29, 1.82) is 0 Å². The molecule has 0 unspecified atom stereocenters. The van der Waals surface area contributed by atoms with Crippen molar-refractivity contribution in [2.24, 2.45) is 0 Å². The van der Waals surface area contributed by atoms with Crippen molar-refractivity contribution in [3.05, 3.63) is 47.0 Å². The monoisotopic (exact) mass is 423 g/mol. The molecular weight excluding hydrogens is 398 g/mol. The van der Waals surface area contributed by atoms with Crippen LogP contribution in [0, 0.1) is 0 Å². The Labute approximate surface area is 180 Å². The highest BCUT2D eigenvalue weighted by Crippen LogP contribution is 2.38. The summed E-state index contributed by atoms with van der Waals surface area (Å²) in [6.07, 6.45) is 2.63. The van der Waals surface area contributed by atoms with Crippen LogP contribution in [0.2, 0.25) is 0 Å². The van der Waals surface area contributed by atoms with Gasteiger partial charge in [-0.2, -0.15) is 0 Å². The van der Waals surface area contributed by atoms with Gasteiger partial charge in [-0.1, -0.05) is 6.07 Å². The minimum Gasteiger partial charge on any atom is -0.493 e. The second-order valence-electron chi connectivity index (χ2n) is 7.62. The topological polar surface area (TPSA) is 97.0 Å². The molecule has 0 spiro atoms. The highest BCUT2D eigenvalue weighted by atomic mass is 16.5. The molecule has 0 bridgehead atoms. The molecule has 0 atom stereocenters. The fourth-order valence-corrected chi connectivity index (χ4v) is 4.18. The number of carbonyl (C=O) groups excluding carboxylic acids is 3. The van der Waals surface area contributed by atoms with E-state index in [2.05, 4.69) is 10.6 Å². The Morgan fingerprint density at radius 1 is 1.03 bits per heavy atom. The van der Waals surface area contributed by atoms with Crippen LogP contribution >= 0.6 is 0 Å². The number of carbonyl (C=O) groups is 3. The average molecular weight is 423 g/mol. The van der Waals surface area contributed by atoms with Gasteiger partial charge in [0.05, 0.1) is 26.3 Å². The van der Waals surface area contributed by atoms with E-state index in [4.69, 9.17) is 9.47 Å². The van der Waals surface area contributed by atoms with Gasteiger partial charge in [0.15, 0.2) is 11.5 Å². The zero-order chi connectivity index (χ0) is 22.0. The summed E-state index contributed by atoms with van der Waals surface area (Å²) in [4.78, 5) is 38.6. The van der Waals surface area contributed by atoms with Crippen molar-refractivity contribution in [3.8, 4) is 11.5 Å². The summed E-state index contributed by atoms with van der Waals surface area (Å²) in [6, 6.07) is 9.17. The number of nitrogens with one attached hydrogen (secondary N) is 2. The Hall–Kier alpha value is -3.55. The van der Waals surface area contributed by atoms with Crippen molar-refractivity contribution in [3.63, 3.8) is 0 Å². The summed E-state index contributed by atoms with van der Waals surface area (Å²) in [7, 11) is 3.13. The predicted octanol–water partition coefficient (Wildman–Crippen LogP) is 1.84. The van der Waals surface area contributed by atoms with Gasteiger partial charge in [0, 0.05) is 18.8 Å². The van der Waals surface area contributed by atoms with E-state index in [1.54, 1.807) is 26.4 Å². The molecule has 162 valence electrons. The third-order valence-electron chi connectivity index (χ3n) is 5.62. The number of hydrogen-bond donors (Lipinski definition) is 2. The molecular formula is C23H25N3O5. The number of ether oxygens (including phenoxy) is 2. The molecule has 2 aliphatic heterocycles. The van der Waals surface area contributed by atoms with Crippen LogP contribution in [0.15, 0.2) is 30.3 Å². The second-order valence-corrected chi connectivity index (χ2v) is 7.62. The molecule has 0 fully saturated rings. The molecule has 0 saturated carbocycles. The first kappa shape index (κ1) is 20.7. The summed E-state index contributed by atoms with van der Waals surface area (Å²) in [5.74, 6) is -0.0920. The maximum atomic E-state index is 12.3. The molecule has 0 aliphatic carbocycles. The zero-order valence-corrected chi connectivity index (χ0v) is 17.6. The molecule has 2 heterocycles. The predicted molar refractivity (Wildman–Crippen MR) is 116 cm³/mol. The van der Waals surface area contributed by atoms with Crippen molar-refractivity contribution in [1.82, 2.24) is 5.32 Å². The van der Waals surface area contributed by atoms with Gasteiger partial charge < -0.3 is 25.0 Å². The highest BCUT2D eigenvalue weighted by molar-refractivity contribution is 6.39. The van der Waals surface area contributed by atoms with E-state index in [1.807, 2.05) is 23.1 Å². The zero-order valence-electron chi connectivity index (χ0n) is 17.6. The van der Waals surface area contributed by atoms with Crippen LogP contribution in [0.25, 0.3) is 0 Å². The minimum atomic E-state index is -0.726. The highest BCUT2D eigenvalue weighted by Gasteiger charge is 2.32. The lowest BCUT2D eigenvalue weighted by molar-refractivity contribution is -0.136. The van der Waals surface area contributed by atoms with Crippen molar-refractivity contribution < 1.29 is 23.9 Å². The van der Waals surface area contributed by atoms with E-state index in [9.17, 15) is 14.4 Å². The number of rotatable bonds is 6. The molecule has 31 heavy (non-hydrogen) atoms. The first-order valence-electron chi connectivity index (χ1n) is 10.3. The van der Waals surface area contributed by atoms with Gasteiger partial charge in [0.25, 0.3) is 0 Å². The number of anilines is 2. The smallest absolute Gasteiger partial charge is 0.313 e. The van der Waals surface area contributed by atoms with Gasteiger partial charge in [-0.05, 0) is 60.2 Å². The van der Waals surface area contributed by atoms with E-state index < -0.39 is 11.8 Å². The molecule has 2 N–H and O–H groups in total. The summed E-state index contributed by atoms with van der Waals surface area (Å²) in [5.41, 5.74) is 4.43. The van der Waals surface area contributed by atoms with Gasteiger partial charge in [-0.3, -0.25) is 14.4 Å². The van der Waals surface area contributed by atoms with E-state index >= 15 is 0 Å². The van der Waals surface area contributed by atoms with Crippen molar-refractivity contribution >= 4 is 29.1 Å². The van der Waals surface area contributed by atoms with Crippen LogP contribution in [0.4, 0.5) is 11.4 Å². The standard InChI is InChI=1S/C23H25N3O5/c1-30-18-6-5-14(10-19(18)31-2)7-8-24-22(28)23(29)25-17-11-15-4-3-9-26-20(27)13-16(12-17)21(15)26/h5-6,10-12H,3-4,7-9,13H2,1-2H3,(H,24,28)(H,25,29). The Bertz CT molecular complexity index is 1050. The lowest BCUT2D eigenvalue weighted by atomic mass is 9.99. The quantitative estimate of drug-likeness (QED) is 0.691. The SMILES string of the molecule is COc1ccc(CCNC(=O)C(=O)Nc2cc3c4c(c2)CC(=O)N4CCC3)cc1OC. The number of nitrogens with zero attached hydrogens (tertiary/aromatic N) is 1. The van der Waals surface area contributed by atoms with E-state index in [0.717, 1.165) is 41.8 Å². The maximum Gasteiger partial charge on any atom is 0.313 e. The molecule has 0 aromatic heterocycles. The molecule has 2 aliphatic rings. The summed E-state index contributed by atoms with van der Waals surface area (Å²) < 4.78 is 10.5. The molecule has 3 amide bonds. The molecule has 8 heteroatoms. The number of benzene rings is 2. The average Bonchev–Trinajstić information content (AvgIpc) is 3.10. The van der Waals surface area contributed by atoms with E-state index in [0.29, 0.717) is 36.6 Å². The normalized spacial score (nSPS) is 14.1. The lowest BCUT2D eigenvalue weighted by Gasteiger charge is -2.26. The Morgan fingerprint density at radius 2 is 1.81 bits per heavy atom. The van der Waals surface area contributed by atoms with Crippen LogP contribution in [-0.4, -0.2) is 45.0 Å². The van der Waals surface area contributed by atoms with Crippen LogP contribution in [0.5, 0.6) is 11.5 Å². The van der Waals surface area contributed by atoms with E-state index in [-0.39, 0.29) is 5.91 Å². The van der Waals surface area contributed by atoms with E-state index in [1.165, 1.54) is 0 Å². The largest absolute Gasteiger partial charge is 0.493 e. The maximum absolute atomic E-state index is 12.3. The summed E-state index contributed by atoms with van der Waals surface area (Å²) in [6.45, 7) is 1.05. The first-order chi connectivity index (χ1) is 15.0. The molecule has 8 nitrogen and oxygen atoms in total. The lowest BCUT2D eigenvalue weighted by Crippen LogP contribution is -2.36. The van der Waals surface area contributed by atoms with Gasteiger partial charge >= 0.3 is 11.8 Å². The van der Waals surface area contributed by atoms with Crippen LogP contribution in [0.3, 0.4) is 0 Å². The number of methoxy groups -OCH3 is 2. The molecule has 0 radical (unpaired) electrons. The fraction of sp³-hybridized carbons (Fsp3) is 0.348. The van der Waals surface area contributed by atoms with Gasteiger partial charge in [-0.25, -0.2) is 0 Å². The summed E-state index contributed by atoms with van der Waals surface area (Å²) >= 11 is 0. The minimum absolute atomic E-state index is 0.0901. The Morgan fingerprint density at radius 3 is 2.58 bits per heavy atom. The van der Waals surface area contributed by atoms with Crippen LogP contribution in [-0.2, 0) is 33.6 Å². The van der Waals surface area contributed by atoms with Crippen LogP contribution < -0.4 is 25.0 Å². The first-order valence-corrected chi connectivity index (χ1v) is 10.3. The Balaban J connectivity index is 1.34. The number of aryl methyl sites for hydroxylation is 1.